The maximum absolute atomic E-state index is 13.3. The van der Waals surface area contributed by atoms with E-state index in [1.165, 1.54) is 6.07 Å². The lowest BCUT2D eigenvalue weighted by molar-refractivity contribution is -0.142. The lowest BCUT2D eigenvalue weighted by Gasteiger charge is -2.06. The zero-order chi connectivity index (χ0) is 13.7. The van der Waals surface area contributed by atoms with Gasteiger partial charge in [0, 0.05) is 5.56 Å². The van der Waals surface area contributed by atoms with Crippen LogP contribution in [0.5, 0.6) is 0 Å². The number of nitriles is 1. The fourth-order valence-corrected chi connectivity index (χ4v) is 1.21. The van der Waals surface area contributed by atoms with Crippen LogP contribution in [0.3, 0.4) is 0 Å². The largest absolute Gasteiger partial charge is 0.459 e. The highest BCUT2D eigenvalue weighted by atomic mass is 19.1. The Morgan fingerprint density at radius 2 is 1.94 bits per heavy atom. The van der Waals surface area contributed by atoms with E-state index in [-0.39, 0.29) is 0 Å². The number of benzene rings is 1. The molecule has 1 rings (SSSR count). The minimum absolute atomic E-state index is 0.417. The fourth-order valence-electron chi connectivity index (χ4n) is 1.21. The van der Waals surface area contributed by atoms with Crippen LogP contribution in [0.1, 0.15) is 19.4 Å². The van der Waals surface area contributed by atoms with E-state index in [1.807, 2.05) is 0 Å². The smallest absolute Gasteiger partial charge is 0.349 e. The molecule has 0 fully saturated rings. The molecule has 0 amide bonds. The number of carbonyl (C=O) groups excluding carboxylic acids is 1. The quantitative estimate of drug-likeness (QED) is 0.471. The minimum atomic E-state index is -0.907. The summed E-state index contributed by atoms with van der Waals surface area (Å²) >= 11 is 0. The van der Waals surface area contributed by atoms with Crippen molar-refractivity contribution in [2.45, 2.75) is 20.0 Å². The zero-order valence-electron chi connectivity index (χ0n) is 9.91. The molecular weight excluding hydrogens is 240 g/mol. The van der Waals surface area contributed by atoms with Crippen LogP contribution >= 0.6 is 0 Å². The standard InChI is InChI=1S/C13H11F2NO2/c1-8(2)18-13(17)9(7-16)6-10-11(14)4-3-5-12(10)15/h3-6,8H,1-2H3/b9-6-. The van der Waals surface area contributed by atoms with Crippen molar-refractivity contribution < 1.29 is 18.3 Å². The molecule has 0 bridgehead atoms. The van der Waals surface area contributed by atoms with Gasteiger partial charge in [0.15, 0.2) is 0 Å². The first-order valence-electron chi connectivity index (χ1n) is 5.22. The van der Waals surface area contributed by atoms with E-state index in [4.69, 9.17) is 10.00 Å². The summed E-state index contributed by atoms with van der Waals surface area (Å²) in [6.45, 7) is 3.22. The molecule has 0 saturated carbocycles. The third kappa shape index (κ3) is 3.39. The molecule has 0 spiro atoms. The van der Waals surface area contributed by atoms with Gasteiger partial charge in [0.25, 0.3) is 0 Å². The first kappa shape index (κ1) is 13.8. The molecule has 0 saturated heterocycles. The van der Waals surface area contributed by atoms with Crippen molar-refractivity contribution in [2.75, 3.05) is 0 Å². The van der Waals surface area contributed by atoms with Crippen molar-refractivity contribution in [3.05, 3.63) is 41.0 Å². The van der Waals surface area contributed by atoms with Crippen molar-refractivity contribution in [2.24, 2.45) is 0 Å². The van der Waals surface area contributed by atoms with E-state index >= 15 is 0 Å². The summed E-state index contributed by atoms with van der Waals surface area (Å²) in [5, 5.41) is 8.79. The SMILES string of the molecule is CC(C)OC(=O)/C(C#N)=C\c1c(F)cccc1F. The van der Waals surface area contributed by atoms with Gasteiger partial charge in [0.1, 0.15) is 23.3 Å². The van der Waals surface area contributed by atoms with Gasteiger partial charge in [-0.2, -0.15) is 5.26 Å². The topological polar surface area (TPSA) is 50.1 Å². The average Bonchev–Trinajstić information content (AvgIpc) is 2.27. The van der Waals surface area contributed by atoms with Crippen LogP contribution in [-0.2, 0) is 9.53 Å². The molecule has 0 aliphatic carbocycles. The van der Waals surface area contributed by atoms with Crippen molar-refractivity contribution in [3.8, 4) is 6.07 Å². The fraction of sp³-hybridized carbons (Fsp3) is 0.231. The van der Waals surface area contributed by atoms with Gasteiger partial charge in [0.05, 0.1) is 6.10 Å². The Balaban J connectivity index is 3.13. The van der Waals surface area contributed by atoms with Gasteiger partial charge in [-0.3, -0.25) is 0 Å². The van der Waals surface area contributed by atoms with Gasteiger partial charge < -0.3 is 4.74 Å². The highest BCUT2D eigenvalue weighted by molar-refractivity contribution is 5.98. The molecule has 3 nitrogen and oxygen atoms in total. The highest BCUT2D eigenvalue weighted by Crippen LogP contribution is 2.16. The number of rotatable bonds is 3. The second kappa shape index (κ2) is 5.92. The normalized spacial score (nSPS) is 11.2. The van der Waals surface area contributed by atoms with Gasteiger partial charge in [-0.1, -0.05) is 6.07 Å². The van der Waals surface area contributed by atoms with Crippen LogP contribution in [0.15, 0.2) is 23.8 Å². The van der Waals surface area contributed by atoms with E-state index in [0.29, 0.717) is 0 Å². The monoisotopic (exact) mass is 251 g/mol. The highest BCUT2D eigenvalue weighted by Gasteiger charge is 2.15. The number of esters is 1. The summed E-state index contributed by atoms with van der Waals surface area (Å²) < 4.78 is 31.4. The van der Waals surface area contributed by atoms with Crippen LogP contribution < -0.4 is 0 Å². The molecule has 0 unspecified atom stereocenters. The molecule has 1 aromatic carbocycles. The number of hydrogen-bond acceptors (Lipinski definition) is 3. The number of nitrogens with zero attached hydrogens (tertiary/aromatic N) is 1. The van der Waals surface area contributed by atoms with Crippen LogP contribution in [-0.4, -0.2) is 12.1 Å². The number of carbonyl (C=O) groups is 1. The lowest BCUT2D eigenvalue weighted by Crippen LogP contribution is -2.13. The molecule has 94 valence electrons. The summed E-state index contributed by atoms with van der Waals surface area (Å²) in [5.41, 5.74) is -0.887. The first-order chi connectivity index (χ1) is 8.45. The summed E-state index contributed by atoms with van der Waals surface area (Å²) in [6, 6.07) is 4.84. The van der Waals surface area contributed by atoms with Crippen LogP contribution in [0.25, 0.3) is 6.08 Å². The van der Waals surface area contributed by atoms with Gasteiger partial charge in [0.2, 0.25) is 0 Å². The molecule has 5 heteroatoms. The third-order valence-corrected chi connectivity index (χ3v) is 1.97. The molecule has 0 radical (unpaired) electrons. The Kier molecular flexibility index (Phi) is 4.55. The summed E-state index contributed by atoms with van der Waals surface area (Å²) in [5.74, 6) is -2.60. The minimum Gasteiger partial charge on any atom is -0.459 e. The summed E-state index contributed by atoms with van der Waals surface area (Å²) in [4.78, 5) is 11.5. The molecule has 0 aliphatic rings. The average molecular weight is 251 g/mol. The Morgan fingerprint density at radius 1 is 1.39 bits per heavy atom. The number of hydrogen-bond donors (Lipinski definition) is 0. The lowest BCUT2D eigenvalue weighted by atomic mass is 10.1. The molecule has 0 heterocycles. The summed E-state index contributed by atoms with van der Waals surface area (Å²) in [6.07, 6.45) is 0.426. The van der Waals surface area contributed by atoms with E-state index in [2.05, 4.69) is 0 Å². The van der Waals surface area contributed by atoms with Gasteiger partial charge in [-0.25, -0.2) is 13.6 Å². The number of ether oxygens (including phenoxy) is 1. The number of halogens is 2. The Hall–Kier alpha value is -2.22. The van der Waals surface area contributed by atoms with Crippen LogP contribution in [0, 0.1) is 23.0 Å². The van der Waals surface area contributed by atoms with Crippen molar-refractivity contribution in [1.82, 2.24) is 0 Å². The molecule has 0 aliphatic heterocycles. The zero-order valence-corrected chi connectivity index (χ0v) is 9.91. The van der Waals surface area contributed by atoms with Crippen molar-refractivity contribution >= 4 is 12.0 Å². The van der Waals surface area contributed by atoms with Gasteiger partial charge in [-0.05, 0) is 32.1 Å². The maximum atomic E-state index is 13.3. The first-order valence-corrected chi connectivity index (χ1v) is 5.22. The maximum Gasteiger partial charge on any atom is 0.349 e. The molecule has 0 atom stereocenters. The van der Waals surface area contributed by atoms with E-state index < -0.39 is 34.8 Å². The molecule has 1 aromatic rings. The Bertz CT molecular complexity index is 510. The predicted molar refractivity (Wildman–Crippen MR) is 61.2 cm³/mol. The Morgan fingerprint density at radius 3 is 2.39 bits per heavy atom. The van der Waals surface area contributed by atoms with Crippen molar-refractivity contribution in [3.63, 3.8) is 0 Å². The Labute approximate surface area is 103 Å². The van der Waals surface area contributed by atoms with Gasteiger partial charge >= 0.3 is 5.97 Å². The molecule has 18 heavy (non-hydrogen) atoms. The van der Waals surface area contributed by atoms with Crippen molar-refractivity contribution in [1.29, 1.82) is 5.26 Å². The second-order valence-electron chi connectivity index (χ2n) is 3.76. The predicted octanol–water partition coefficient (Wildman–Crippen LogP) is 2.82. The molecular formula is C13H11F2NO2. The van der Waals surface area contributed by atoms with Crippen LogP contribution in [0.4, 0.5) is 8.78 Å². The van der Waals surface area contributed by atoms with E-state index in [0.717, 1.165) is 18.2 Å². The van der Waals surface area contributed by atoms with E-state index in [1.54, 1.807) is 19.9 Å². The second-order valence-corrected chi connectivity index (χ2v) is 3.76. The summed E-state index contributed by atoms with van der Waals surface area (Å²) in [7, 11) is 0. The molecule has 0 aromatic heterocycles. The van der Waals surface area contributed by atoms with Crippen LogP contribution in [0.2, 0.25) is 0 Å². The molecule has 0 N–H and O–H groups in total. The van der Waals surface area contributed by atoms with E-state index in [9.17, 15) is 13.6 Å². The van der Waals surface area contributed by atoms with Gasteiger partial charge in [-0.15, -0.1) is 0 Å². The third-order valence-electron chi connectivity index (χ3n) is 1.97.